The predicted octanol–water partition coefficient (Wildman–Crippen LogP) is 5.19. The minimum Gasteiger partial charge on any atom is -0.350 e. The van der Waals surface area contributed by atoms with E-state index in [1.165, 1.54) is 6.07 Å². The molecule has 0 aliphatic heterocycles. The van der Waals surface area contributed by atoms with E-state index in [1.807, 2.05) is 39.8 Å². The summed E-state index contributed by atoms with van der Waals surface area (Å²) in [6, 6.07) is 16.7. The summed E-state index contributed by atoms with van der Waals surface area (Å²) >= 11 is 0. The average molecular weight is 494 g/mol. The number of anilines is 2. The fourth-order valence-corrected chi connectivity index (χ4v) is 4.86. The van der Waals surface area contributed by atoms with Crippen molar-refractivity contribution in [1.29, 1.82) is 0 Å². The highest BCUT2D eigenvalue weighted by Gasteiger charge is 2.21. The topological polar surface area (TPSA) is 104 Å². The number of amides is 2. The monoisotopic (exact) mass is 493 g/mol. The summed E-state index contributed by atoms with van der Waals surface area (Å²) in [5.74, 6) is -0.808. The number of carbonyl (C=O) groups is 2. The van der Waals surface area contributed by atoms with Gasteiger partial charge < -0.3 is 10.6 Å². The maximum absolute atomic E-state index is 13.2. The van der Waals surface area contributed by atoms with Crippen LogP contribution >= 0.6 is 0 Å². The van der Waals surface area contributed by atoms with Gasteiger partial charge in [-0.1, -0.05) is 37.3 Å². The molecule has 2 amide bonds. The van der Waals surface area contributed by atoms with E-state index in [0.717, 1.165) is 17.5 Å². The molecule has 0 aliphatic carbocycles. The molecule has 3 rings (SSSR count). The van der Waals surface area contributed by atoms with Gasteiger partial charge in [-0.2, -0.15) is 0 Å². The van der Waals surface area contributed by atoms with Gasteiger partial charge in [-0.25, -0.2) is 8.42 Å². The van der Waals surface area contributed by atoms with Gasteiger partial charge in [0, 0.05) is 11.6 Å². The molecular formula is C27H31N3O4S. The summed E-state index contributed by atoms with van der Waals surface area (Å²) in [7, 11) is -3.94. The van der Waals surface area contributed by atoms with E-state index >= 15 is 0 Å². The Morgan fingerprint density at radius 2 is 1.54 bits per heavy atom. The number of carbonyl (C=O) groups excluding carboxylic acids is 2. The second-order valence-corrected chi connectivity index (χ2v) is 10.3. The Balaban J connectivity index is 1.89. The van der Waals surface area contributed by atoms with Crippen molar-refractivity contribution in [3.8, 4) is 0 Å². The van der Waals surface area contributed by atoms with Crippen LogP contribution in [0.2, 0.25) is 0 Å². The van der Waals surface area contributed by atoms with Crippen molar-refractivity contribution >= 4 is 33.2 Å². The van der Waals surface area contributed by atoms with Gasteiger partial charge in [0.2, 0.25) is 0 Å². The van der Waals surface area contributed by atoms with Crippen LogP contribution in [-0.4, -0.2) is 26.3 Å². The van der Waals surface area contributed by atoms with E-state index in [0.29, 0.717) is 22.5 Å². The van der Waals surface area contributed by atoms with Crippen molar-refractivity contribution in [3.05, 3.63) is 88.5 Å². The Labute approximate surface area is 207 Å². The van der Waals surface area contributed by atoms with Crippen LogP contribution in [0.5, 0.6) is 0 Å². The van der Waals surface area contributed by atoms with Crippen molar-refractivity contribution in [2.75, 3.05) is 10.0 Å². The van der Waals surface area contributed by atoms with Gasteiger partial charge in [0.15, 0.2) is 0 Å². The van der Waals surface area contributed by atoms with Crippen molar-refractivity contribution in [1.82, 2.24) is 5.32 Å². The third kappa shape index (κ3) is 6.27. The fraction of sp³-hybridized carbons (Fsp3) is 0.259. The van der Waals surface area contributed by atoms with Crippen molar-refractivity contribution in [2.24, 2.45) is 0 Å². The van der Waals surface area contributed by atoms with Gasteiger partial charge >= 0.3 is 0 Å². The quantitative estimate of drug-likeness (QED) is 0.401. The number of nitrogens with one attached hydrogen (secondary N) is 3. The molecule has 3 aromatic carbocycles. The highest BCUT2D eigenvalue weighted by Crippen LogP contribution is 2.25. The number of hydrogen-bond donors (Lipinski definition) is 3. The number of para-hydroxylation sites is 1. The van der Waals surface area contributed by atoms with Gasteiger partial charge in [0.25, 0.3) is 21.8 Å². The molecule has 0 saturated heterocycles. The number of benzene rings is 3. The van der Waals surface area contributed by atoms with Crippen molar-refractivity contribution < 1.29 is 18.0 Å². The van der Waals surface area contributed by atoms with Crippen LogP contribution < -0.4 is 15.4 Å². The first-order valence-electron chi connectivity index (χ1n) is 11.4. The highest BCUT2D eigenvalue weighted by molar-refractivity contribution is 7.92. The smallest absolute Gasteiger partial charge is 0.262 e. The van der Waals surface area contributed by atoms with E-state index < -0.39 is 15.9 Å². The van der Waals surface area contributed by atoms with Crippen LogP contribution in [-0.2, 0) is 10.0 Å². The molecule has 1 atom stereocenters. The van der Waals surface area contributed by atoms with Crippen LogP contribution in [0.25, 0.3) is 0 Å². The summed E-state index contributed by atoms with van der Waals surface area (Å²) in [4.78, 5) is 25.7. The summed E-state index contributed by atoms with van der Waals surface area (Å²) < 4.78 is 29.0. The minimum atomic E-state index is -3.94. The lowest BCUT2D eigenvalue weighted by atomic mass is 10.1. The molecule has 0 fully saturated rings. The van der Waals surface area contributed by atoms with Crippen molar-refractivity contribution in [2.45, 2.75) is 52.0 Å². The third-order valence-corrected chi connectivity index (χ3v) is 7.29. The fourth-order valence-electron chi connectivity index (χ4n) is 3.46. The van der Waals surface area contributed by atoms with E-state index in [-0.39, 0.29) is 22.4 Å². The zero-order valence-electron chi connectivity index (χ0n) is 20.6. The maximum Gasteiger partial charge on any atom is 0.262 e. The lowest BCUT2D eigenvalue weighted by Crippen LogP contribution is -2.32. The summed E-state index contributed by atoms with van der Waals surface area (Å²) in [6.45, 7) is 9.25. The van der Waals surface area contributed by atoms with Crippen LogP contribution in [0.4, 0.5) is 11.4 Å². The largest absolute Gasteiger partial charge is 0.350 e. The van der Waals surface area contributed by atoms with Gasteiger partial charge in [-0.15, -0.1) is 0 Å². The van der Waals surface area contributed by atoms with E-state index in [1.54, 1.807) is 49.4 Å². The Morgan fingerprint density at radius 3 is 2.26 bits per heavy atom. The van der Waals surface area contributed by atoms with E-state index in [9.17, 15) is 18.0 Å². The molecule has 0 aliphatic rings. The Hall–Kier alpha value is -3.65. The lowest BCUT2D eigenvalue weighted by molar-refractivity contribution is 0.0940. The number of hydrogen-bond acceptors (Lipinski definition) is 4. The average Bonchev–Trinajstić information content (AvgIpc) is 2.81. The summed E-state index contributed by atoms with van der Waals surface area (Å²) in [6.07, 6.45) is 0.775. The van der Waals surface area contributed by atoms with Crippen LogP contribution in [0.1, 0.15) is 57.7 Å². The molecule has 3 aromatic rings. The molecule has 0 aromatic heterocycles. The van der Waals surface area contributed by atoms with E-state index in [4.69, 9.17) is 0 Å². The molecule has 0 unspecified atom stereocenters. The van der Waals surface area contributed by atoms with Gasteiger partial charge in [-0.3, -0.25) is 14.3 Å². The maximum atomic E-state index is 13.2. The van der Waals surface area contributed by atoms with Gasteiger partial charge in [-0.05, 0) is 81.1 Å². The molecule has 0 spiro atoms. The molecule has 8 heteroatoms. The molecular weight excluding hydrogens is 462 g/mol. The zero-order valence-corrected chi connectivity index (χ0v) is 21.4. The normalized spacial score (nSPS) is 12.0. The molecule has 184 valence electrons. The third-order valence-electron chi connectivity index (χ3n) is 5.79. The predicted molar refractivity (Wildman–Crippen MR) is 140 cm³/mol. The Bertz CT molecular complexity index is 1370. The molecule has 0 heterocycles. The van der Waals surface area contributed by atoms with Gasteiger partial charge in [0.05, 0.1) is 21.8 Å². The number of sulfonamides is 1. The first-order valence-corrected chi connectivity index (χ1v) is 12.9. The summed E-state index contributed by atoms with van der Waals surface area (Å²) in [5.41, 5.74) is 3.55. The number of rotatable bonds is 8. The molecule has 0 saturated carbocycles. The molecule has 0 bridgehead atoms. The minimum absolute atomic E-state index is 0.00820. The molecule has 0 radical (unpaired) electrons. The van der Waals surface area contributed by atoms with Crippen molar-refractivity contribution in [3.63, 3.8) is 0 Å². The van der Waals surface area contributed by atoms with Crippen LogP contribution in [0.15, 0.2) is 65.6 Å². The molecule has 7 nitrogen and oxygen atoms in total. The summed E-state index contributed by atoms with van der Waals surface area (Å²) in [5, 5.41) is 5.64. The second kappa shape index (κ2) is 10.7. The van der Waals surface area contributed by atoms with Crippen LogP contribution in [0.3, 0.4) is 0 Å². The van der Waals surface area contributed by atoms with Crippen LogP contribution in [0, 0.1) is 20.8 Å². The van der Waals surface area contributed by atoms with Gasteiger partial charge in [0.1, 0.15) is 0 Å². The zero-order chi connectivity index (χ0) is 25.8. The number of aryl methyl sites for hydroxylation is 3. The Kier molecular flexibility index (Phi) is 7.96. The van der Waals surface area contributed by atoms with E-state index in [2.05, 4.69) is 15.4 Å². The highest BCUT2D eigenvalue weighted by atomic mass is 32.2. The first kappa shape index (κ1) is 26.0. The SMILES string of the molecule is CC[C@@H](C)NC(=O)c1ccccc1NC(=O)c1ccc(C)c(S(=O)(=O)Nc2cc(C)ccc2C)c1. The Morgan fingerprint density at radius 1 is 0.857 bits per heavy atom. The first-order chi connectivity index (χ1) is 16.5. The standard InChI is InChI=1S/C27H31N3O4S/c1-6-20(5)28-27(32)22-9-7-8-10-23(22)29-26(31)21-14-13-19(4)25(16-21)35(33,34)30-24-15-17(2)11-12-18(24)3/h7-16,20,30H,6H2,1-5H3,(H,28,32)(H,29,31)/t20-/m1/s1. The second-order valence-electron chi connectivity index (χ2n) is 8.69. The molecule has 35 heavy (non-hydrogen) atoms. The molecule has 3 N–H and O–H groups in total. The lowest BCUT2D eigenvalue weighted by Gasteiger charge is -2.16.